The molecule has 170 valence electrons. The molecule has 0 saturated carbocycles. The summed E-state index contributed by atoms with van der Waals surface area (Å²) in [4.78, 5) is 38.9. The van der Waals surface area contributed by atoms with Gasteiger partial charge in [0.2, 0.25) is 11.5 Å². The van der Waals surface area contributed by atoms with Crippen LogP contribution >= 0.6 is 0 Å². The van der Waals surface area contributed by atoms with Crippen LogP contribution in [0.1, 0.15) is 17.0 Å². The summed E-state index contributed by atoms with van der Waals surface area (Å²) in [5, 5.41) is 14.8. The van der Waals surface area contributed by atoms with Crippen LogP contribution in [0.4, 0.5) is 10.5 Å². The van der Waals surface area contributed by atoms with Gasteiger partial charge in [-0.15, -0.1) is 0 Å². The number of benzene rings is 3. The molecule has 1 atom stereocenters. The maximum absolute atomic E-state index is 13.4. The van der Waals surface area contributed by atoms with Crippen molar-refractivity contribution in [3.8, 4) is 11.1 Å². The Hall–Kier alpha value is -4.65. The normalized spacial score (nSPS) is 11.6. The van der Waals surface area contributed by atoms with Gasteiger partial charge in [0.25, 0.3) is 0 Å². The number of aromatic nitrogens is 1. The molecule has 4 N–H and O–H groups in total. The Labute approximate surface area is 196 Å². The largest absolute Gasteiger partial charge is 0.465 e. The molecule has 1 unspecified atom stereocenters. The van der Waals surface area contributed by atoms with Crippen LogP contribution in [-0.4, -0.2) is 28.1 Å². The third-order valence-corrected chi connectivity index (χ3v) is 5.48. The van der Waals surface area contributed by atoms with Gasteiger partial charge in [0.1, 0.15) is 6.04 Å². The molecular formula is C27H23N3O4. The SMILES string of the molecule is O=C(O)NC(C(=O)Nc1ccc(-c2ccc(=O)[nH]c2)cc1)C(c1ccccc1)c1ccccc1. The number of hydrogen-bond donors (Lipinski definition) is 4. The number of hydrogen-bond acceptors (Lipinski definition) is 3. The predicted octanol–water partition coefficient (Wildman–Crippen LogP) is 4.45. The summed E-state index contributed by atoms with van der Waals surface area (Å²) in [6.07, 6.45) is 0.331. The van der Waals surface area contributed by atoms with Crippen LogP contribution < -0.4 is 16.2 Å². The van der Waals surface area contributed by atoms with E-state index in [-0.39, 0.29) is 5.56 Å². The van der Waals surface area contributed by atoms with E-state index in [0.29, 0.717) is 5.69 Å². The van der Waals surface area contributed by atoms with Crippen molar-refractivity contribution in [1.29, 1.82) is 0 Å². The highest BCUT2D eigenvalue weighted by molar-refractivity contribution is 5.97. The second-order valence-corrected chi connectivity index (χ2v) is 7.73. The van der Waals surface area contributed by atoms with Crippen molar-refractivity contribution in [3.63, 3.8) is 0 Å². The molecule has 7 heteroatoms. The molecule has 0 aliphatic carbocycles. The molecule has 0 aliphatic heterocycles. The van der Waals surface area contributed by atoms with Gasteiger partial charge < -0.3 is 20.7 Å². The third kappa shape index (κ3) is 5.39. The number of H-pyrrole nitrogens is 1. The number of carboxylic acid groups (broad SMARTS) is 1. The number of aromatic amines is 1. The molecule has 0 fully saturated rings. The zero-order valence-corrected chi connectivity index (χ0v) is 18.1. The molecule has 7 nitrogen and oxygen atoms in total. The van der Waals surface area contributed by atoms with Crippen LogP contribution in [0.25, 0.3) is 11.1 Å². The molecule has 34 heavy (non-hydrogen) atoms. The topological polar surface area (TPSA) is 111 Å². The molecule has 4 aromatic rings. The minimum atomic E-state index is -1.29. The summed E-state index contributed by atoms with van der Waals surface area (Å²) >= 11 is 0. The van der Waals surface area contributed by atoms with Crippen LogP contribution in [0.3, 0.4) is 0 Å². The molecule has 2 amide bonds. The Balaban J connectivity index is 1.62. The monoisotopic (exact) mass is 453 g/mol. The molecule has 0 saturated heterocycles. The zero-order chi connectivity index (χ0) is 23.9. The van der Waals surface area contributed by atoms with E-state index in [0.717, 1.165) is 22.3 Å². The second-order valence-electron chi connectivity index (χ2n) is 7.73. The smallest absolute Gasteiger partial charge is 0.405 e. The fourth-order valence-electron chi connectivity index (χ4n) is 3.89. The van der Waals surface area contributed by atoms with Gasteiger partial charge in [-0.05, 0) is 40.5 Å². The number of anilines is 1. The molecule has 4 rings (SSSR count). The average Bonchev–Trinajstić information content (AvgIpc) is 2.86. The van der Waals surface area contributed by atoms with Crippen LogP contribution in [-0.2, 0) is 4.79 Å². The first-order valence-electron chi connectivity index (χ1n) is 10.7. The summed E-state index contributed by atoms with van der Waals surface area (Å²) in [5.41, 5.74) is 3.66. The number of carbonyl (C=O) groups excluding carboxylic acids is 1. The maximum Gasteiger partial charge on any atom is 0.405 e. The number of nitrogens with one attached hydrogen (secondary N) is 3. The highest BCUT2D eigenvalue weighted by Gasteiger charge is 2.32. The first-order chi connectivity index (χ1) is 16.5. The molecule has 1 heterocycles. The van der Waals surface area contributed by atoms with Crippen molar-refractivity contribution in [1.82, 2.24) is 10.3 Å². The van der Waals surface area contributed by atoms with Gasteiger partial charge in [-0.2, -0.15) is 0 Å². The highest BCUT2D eigenvalue weighted by atomic mass is 16.4. The van der Waals surface area contributed by atoms with Crippen molar-refractivity contribution < 1.29 is 14.7 Å². The van der Waals surface area contributed by atoms with E-state index in [1.54, 1.807) is 24.4 Å². The molecule has 0 bridgehead atoms. The Morgan fingerprint density at radius 1 is 0.735 bits per heavy atom. The lowest BCUT2D eigenvalue weighted by molar-refractivity contribution is -0.118. The Morgan fingerprint density at radius 2 is 1.29 bits per heavy atom. The van der Waals surface area contributed by atoms with Crippen molar-refractivity contribution in [3.05, 3.63) is 125 Å². The first-order valence-corrected chi connectivity index (χ1v) is 10.7. The van der Waals surface area contributed by atoms with E-state index in [1.807, 2.05) is 72.8 Å². The minimum Gasteiger partial charge on any atom is -0.465 e. The third-order valence-electron chi connectivity index (χ3n) is 5.48. The maximum atomic E-state index is 13.4. The summed E-state index contributed by atoms with van der Waals surface area (Å²) in [7, 11) is 0. The molecular weight excluding hydrogens is 430 g/mol. The van der Waals surface area contributed by atoms with Crippen molar-refractivity contribution in [2.24, 2.45) is 0 Å². The summed E-state index contributed by atoms with van der Waals surface area (Å²) in [6, 6.07) is 27.9. The lowest BCUT2D eigenvalue weighted by atomic mass is 9.84. The Kier molecular flexibility index (Phi) is 6.84. The van der Waals surface area contributed by atoms with E-state index in [2.05, 4.69) is 15.6 Å². The molecule has 0 aliphatic rings. The number of pyridine rings is 1. The van der Waals surface area contributed by atoms with Crippen molar-refractivity contribution >= 4 is 17.7 Å². The van der Waals surface area contributed by atoms with E-state index < -0.39 is 24.0 Å². The number of rotatable bonds is 7. The second kappa shape index (κ2) is 10.3. The average molecular weight is 453 g/mol. The van der Waals surface area contributed by atoms with Crippen LogP contribution in [0, 0.1) is 0 Å². The summed E-state index contributed by atoms with van der Waals surface area (Å²) in [6.45, 7) is 0. The van der Waals surface area contributed by atoms with Gasteiger partial charge in [0.05, 0.1) is 0 Å². The van der Waals surface area contributed by atoms with Gasteiger partial charge in [0.15, 0.2) is 0 Å². The van der Waals surface area contributed by atoms with Gasteiger partial charge in [-0.3, -0.25) is 9.59 Å². The van der Waals surface area contributed by atoms with Crippen molar-refractivity contribution in [2.45, 2.75) is 12.0 Å². The van der Waals surface area contributed by atoms with Crippen molar-refractivity contribution in [2.75, 3.05) is 5.32 Å². The van der Waals surface area contributed by atoms with Gasteiger partial charge >= 0.3 is 6.09 Å². The Bertz CT molecular complexity index is 1260. The van der Waals surface area contributed by atoms with Gasteiger partial charge in [-0.25, -0.2) is 4.79 Å². The van der Waals surface area contributed by atoms with Crippen LogP contribution in [0.5, 0.6) is 0 Å². The fourth-order valence-corrected chi connectivity index (χ4v) is 3.89. The fraction of sp³-hybridized carbons (Fsp3) is 0.0741. The highest BCUT2D eigenvalue weighted by Crippen LogP contribution is 2.29. The lowest BCUT2D eigenvalue weighted by Gasteiger charge is -2.27. The minimum absolute atomic E-state index is 0.184. The van der Waals surface area contributed by atoms with E-state index in [4.69, 9.17) is 0 Å². The first kappa shape index (κ1) is 22.5. The summed E-state index contributed by atoms with van der Waals surface area (Å²) < 4.78 is 0. The molecule has 0 radical (unpaired) electrons. The zero-order valence-electron chi connectivity index (χ0n) is 18.1. The quantitative estimate of drug-likeness (QED) is 0.331. The van der Waals surface area contributed by atoms with E-state index in [9.17, 15) is 19.5 Å². The lowest BCUT2D eigenvalue weighted by Crippen LogP contribution is -2.47. The van der Waals surface area contributed by atoms with E-state index >= 15 is 0 Å². The molecule has 3 aromatic carbocycles. The van der Waals surface area contributed by atoms with Crippen LogP contribution in [0.2, 0.25) is 0 Å². The summed E-state index contributed by atoms with van der Waals surface area (Å²) in [5.74, 6) is -1.00. The predicted molar refractivity (Wildman–Crippen MR) is 131 cm³/mol. The van der Waals surface area contributed by atoms with Crippen LogP contribution in [0.15, 0.2) is 108 Å². The Morgan fingerprint density at radius 3 is 1.79 bits per heavy atom. The van der Waals surface area contributed by atoms with Gasteiger partial charge in [-0.1, -0.05) is 72.8 Å². The number of amides is 2. The van der Waals surface area contributed by atoms with Gasteiger partial charge in [0, 0.05) is 23.9 Å². The standard InChI is InChI=1S/C27H23N3O4/c31-23-16-13-21(17-28-23)18-11-14-22(15-12-18)29-26(32)25(30-27(33)34)24(19-7-3-1-4-8-19)20-9-5-2-6-10-20/h1-17,24-25,30H,(H,28,31)(H,29,32)(H,33,34). The molecule has 1 aromatic heterocycles. The number of carbonyl (C=O) groups is 2. The van der Waals surface area contributed by atoms with E-state index in [1.165, 1.54) is 6.07 Å². The molecule has 0 spiro atoms.